The highest BCUT2D eigenvalue weighted by Gasteiger charge is 2.27. The molecule has 1 aliphatic heterocycles. The van der Waals surface area contributed by atoms with Crippen molar-refractivity contribution in [3.63, 3.8) is 0 Å². The van der Waals surface area contributed by atoms with Crippen molar-refractivity contribution in [2.45, 2.75) is 89.0 Å². The zero-order valence-corrected chi connectivity index (χ0v) is 18.8. The predicted octanol–water partition coefficient (Wildman–Crippen LogP) is 3.78. The molecule has 3 aliphatic rings. The van der Waals surface area contributed by atoms with E-state index >= 15 is 0 Å². The van der Waals surface area contributed by atoms with Gasteiger partial charge in [-0.05, 0) is 25.7 Å². The van der Waals surface area contributed by atoms with Crippen LogP contribution in [0.25, 0.3) is 0 Å². The first-order valence-corrected chi connectivity index (χ1v) is 12.7. The van der Waals surface area contributed by atoms with Crippen LogP contribution in [-0.2, 0) is 9.59 Å². The second-order valence-electron chi connectivity index (χ2n) is 9.04. The lowest BCUT2D eigenvalue weighted by atomic mass is 9.90. The number of aromatic nitrogens is 2. The minimum Gasteiger partial charge on any atom is -0.340 e. The van der Waals surface area contributed by atoms with E-state index < -0.39 is 0 Å². The third kappa shape index (κ3) is 5.78. The fourth-order valence-electron chi connectivity index (χ4n) is 5.14. The zero-order chi connectivity index (χ0) is 20.8. The number of hydrogen-bond acceptors (Lipinski definition) is 6. The Balaban J connectivity index is 1.16. The van der Waals surface area contributed by atoms with Gasteiger partial charge >= 0.3 is 0 Å². The van der Waals surface area contributed by atoms with E-state index in [1.807, 2.05) is 4.90 Å². The van der Waals surface area contributed by atoms with E-state index in [0.717, 1.165) is 31.2 Å². The number of hydrogen-bond donors (Lipinski definition) is 1. The standard InChI is InChI=1S/C22H35N5O2S/c28-19(23-22-25-24-21(30-22)17-7-3-1-4-8-17)11-12-20(29)27-15-13-26(14-16-27)18-9-5-2-6-10-18/h17-18H,1-16H2,(H,23,25,28). The molecular weight excluding hydrogens is 398 g/mol. The van der Waals surface area contributed by atoms with Gasteiger partial charge in [0, 0.05) is 51.0 Å². The maximum Gasteiger partial charge on any atom is 0.226 e. The fourth-order valence-corrected chi connectivity index (χ4v) is 6.07. The SMILES string of the molecule is O=C(CCC(=O)N1CCN(C2CCCCC2)CC1)Nc1nnc(C2CCCCC2)s1. The van der Waals surface area contributed by atoms with Gasteiger partial charge in [-0.25, -0.2) is 0 Å². The highest BCUT2D eigenvalue weighted by atomic mass is 32.1. The normalized spacial score (nSPS) is 22.2. The van der Waals surface area contributed by atoms with E-state index in [1.165, 1.54) is 75.5 Å². The number of nitrogens with one attached hydrogen (secondary N) is 1. The molecule has 1 aromatic heterocycles. The highest BCUT2D eigenvalue weighted by molar-refractivity contribution is 7.15. The summed E-state index contributed by atoms with van der Waals surface area (Å²) in [5.41, 5.74) is 0. The molecule has 0 aromatic carbocycles. The molecule has 2 saturated carbocycles. The van der Waals surface area contributed by atoms with E-state index in [1.54, 1.807) is 0 Å². The van der Waals surface area contributed by atoms with Crippen LogP contribution in [0.5, 0.6) is 0 Å². The maximum atomic E-state index is 12.6. The van der Waals surface area contributed by atoms with Gasteiger partial charge in [-0.3, -0.25) is 14.5 Å². The molecule has 2 heterocycles. The van der Waals surface area contributed by atoms with Gasteiger partial charge in [-0.15, -0.1) is 10.2 Å². The van der Waals surface area contributed by atoms with Gasteiger partial charge in [0.25, 0.3) is 0 Å². The quantitative estimate of drug-likeness (QED) is 0.739. The molecule has 3 fully saturated rings. The van der Waals surface area contributed by atoms with E-state index in [-0.39, 0.29) is 24.7 Å². The zero-order valence-electron chi connectivity index (χ0n) is 18.0. The molecule has 4 rings (SSSR count). The first kappa shape index (κ1) is 21.7. The molecule has 2 aliphatic carbocycles. The van der Waals surface area contributed by atoms with E-state index in [4.69, 9.17) is 0 Å². The molecule has 1 aromatic rings. The van der Waals surface area contributed by atoms with Gasteiger partial charge in [-0.1, -0.05) is 49.9 Å². The van der Waals surface area contributed by atoms with Crippen LogP contribution in [0.2, 0.25) is 0 Å². The number of nitrogens with zero attached hydrogens (tertiary/aromatic N) is 4. The van der Waals surface area contributed by atoms with Crippen LogP contribution in [0.15, 0.2) is 0 Å². The Morgan fingerprint density at radius 1 is 0.867 bits per heavy atom. The van der Waals surface area contributed by atoms with Gasteiger partial charge in [0.05, 0.1) is 0 Å². The van der Waals surface area contributed by atoms with Crippen LogP contribution in [-0.4, -0.2) is 64.0 Å². The average Bonchev–Trinajstić information content (AvgIpc) is 3.27. The number of amides is 2. The van der Waals surface area contributed by atoms with Crippen LogP contribution >= 0.6 is 11.3 Å². The Kier molecular flexibility index (Phi) is 7.71. The van der Waals surface area contributed by atoms with Crippen molar-refractivity contribution >= 4 is 28.3 Å². The van der Waals surface area contributed by atoms with Crippen LogP contribution in [0.4, 0.5) is 5.13 Å². The molecule has 0 bridgehead atoms. The van der Waals surface area contributed by atoms with Crippen LogP contribution in [0, 0.1) is 0 Å². The summed E-state index contributed by atoms with van der Waals surface area (Å²) in [6, 6.07) is 0.715. The first-order chi connectivity index (χ1) is 14.7. The van der Waals surface area contributed by atoms with Crippen molar-refractivity contribution in [3.05, 3.63) is 5.01 Å². The summed E-state index contributed by atoms with van der Waals surface area (Å²) in [6.07, 6.45) is 13.3. The molecule has 2 amide bonds. The minimum atomic E-state index is -0.143. The van der Waals surface area contributed by atoms with Crippen molar-refractivity contribution in [3.8, 4) is 0 Å². The van der Waals surface area contributed by atoms with Gasteiger partial charge in [0.2, 0.25) is 16.9 Å². The summed E-state index contributed by atoms with van der Waals surface area (Å²) >= 11 is 1.49. The third-order valence-corrected chi connectivity index (χ3v) is 7.97. The molecule has 0 atom stereocenters. The lowest BCUT2D eigenvalue weighted by Crippen LogP contribution is -2.52. The summed E-state index contributed by atoms with van der Waals surface area (Å²) in [5.74, 6) is 0.444. The van der Waals surface area contributed by atoms with E-state index in [0.29, 0.717) is 17.1 Å². The Morgan fingerprint density at radius 2 is 1.53 bits per heavy atom. The number of rotatable bonds is 6. The van der Waals surface area contributed by atoms with Crippen molar-refractivity contribution in [1.82, 2.24) is 20.0 Å². The molecule has 0 radical (unpaired) electrons. The van der Waals surface area contributed by atoms with Crippen LogP contribution in [0.1, 0.15) is 88.0 Å². The van der Waals surface area contributed by atoms with Crippen LogP contribution in [0.3, 0.4) is 0 Å². The molecule has 0 spiro atoms. The highest BCUT2D eigenvalue weighted by Crippen LogP contribution is 2.35. The fraction of sp³-hybridized carbons (Fsp3) is 0.818. The smallest absolute Gasteiger partial charge is 0.226 e. The number of carbonyl (C=O) groups excluding carboxylic acids is 2. The molecule has 30 heavy (non-hydrogen) atoms. The number of carbonyl (C=O) groups is 2. The molecule has 8 heteroatoms. The average molecular weight is 434 g/mol. The van der Waals surface area contributed by atoms with Gasteiger partial charge < -0.3 is 10.2 Å². The Hall–Kier alpha value is -1.54. The van der Waals surface area contributed by atoms with Crippen molar-refractivity contribution in [2.24, 2.45) is 0 Å². The second-order valence-corrected chi connectivity index (χ2v) is 10.0. The number of piperazine rings is 1. The van der Waals surface area contributed by atoms with Crippen molar-refractivity contribution < 1.29 is 9.59 Å². The summed E-state index contributed by atoms with van der Waals surface area (Å²) in [6.45, 7) is 3.52. The largest absolute Gasteiger partial charge is 0.340 e. The molecule has 1 N–H and O–H groups in total. The predicted molar refractivity (Wildman–Crippen MR) is 119 cm³/mol. The van der Waals surface area contributed by atoms with Gasteiger partial charge in [-0.2, -0.15) is 0 Å². The monoisotopic (exact) mass is 433 g/mol. The summed E-state index contributed by atoms with van der Waals surface area (Å²) in [5, 5.41) is 12.9. The summed E-state index contributed by atoms with van der Waals surface area (Å²) in [4.78, 5) is 29.3. The Bertz CT molecular complexity index is 704. The van der Waals surface area contributed by atoms with Gasteiger partial charge in [0.15, 0.2) is 0 Å². The summed E-state index contributed by atoms with van der Waals surface area (Å²) < 4.78 is 0. The van der Waals surface area contributed by atoms with E-state index in [9.17, 15) is 9.59 Å². The van der Waals surface area contributed by atoms with Gasteiger partial charge in [0.1, 0.15) is 5.01 Å². The first-order valence-electron chi connectivity index (χ1n) is 11.8. The molecule has 0 unspecified atom stereocenters. The Labute approximate surface area is 183 Å². The van der Waals surface area contributed by atoms with Crippen molar-refractivity contribution in [1.29, 1.82) is 0 Å². The maximum absolute atomic E-state index is 12.6. The Morgan fingerprint density at radius 3 is 2.23 bits per heavy atom. The minimum absolute atomic E-state index is 0.0913. The molecule has 166 valence electrons. The van der Waals surface area contributed by atoms with E-state index in [2.05, 4.69) is 20.4 Å². The molecule has 7 nitrogen and oxygen atoms in total. The summed E-state index contributed by atoms with van der Waals surface area (Å²) in [7, 11) is 0. The third-order valence-electron chi connectivity index (χ3n) is 6.97. The number of anilines is 1. The van der Waals surface area contributed by atoms with Crippen LogP contribution < -0.4 is 5.32 Å². The van der Waals surface area contributed by atoms with Crippen molar-refractivity contribution in [2.75, 3.05) is 31.5 Å². The molecule has 1 saturated heterocycles. The molecular formula is C22H35N5O2S. The second kappa shape index (κ2) is 10.7. The lowest BCUT2D eigenvalue weighted by molar-refractivity contribution is -0.134. The lowest BCUT2D eigenvalue weighted by Gasteiger charge is -2.40. The topological polar surface area (TPSA) is 78.4 Å².